The summed E-state index contributed by atoms with van der Waals surface area (Å²) in [5.41, 5.74) is 1.13. The molecule has 2 heterocycles. The van der Waals surface area contributed by atoms with E-state index in [2.05, 4.69) is 17.1 Å². The Morgan fingerprint density at radius 1 is 1.29 bits per heavy atom. The van der Waals surface area contributed by atoms with E-state index in [0.717, 1.165) is 24.8 Å². The van der Waals surface area contributed by atoms with Crippen LogP contribution in [-0.4, -0.2) is 30.7 Å². The normalized spacial score (nSPS) is 23.3. The summed E-state index contributed by atoms with van der Waals surface area (Å²) in [4.78, 5) is 8.76. The molecule has 1 aliphatic carbocycles. The van der Waals surface area contributed by atoms with E-state index >= 15 is 0 Å². The van der Waals surface area contributed by atoms with Crippen molar-refractivity contribution in [1.29, 1.82) is 0 Å². The Hall–Kier alpha value is -0.650. The number of hydrogen-bond donors (Lipinski definition) is 1. The van der Waals surface area contributed by atoms with E-state index < -0.39 is 0 Å². The number of methoxy groups -OCH3 is 1. The number of hydrogen-bond acceptors (Lipinski definition) is 5. The number of ether oxygens (including phenoxy) is 1. The van der Waals surface area contributed by atoms with Gasteiger partial charge in [0.25, 0.3) is 0 Å². The van der Waals surface area contributed by atoms with Gasteiger partial charge >= 0.3 is 0 Å². The SMILES string of the molecule is COCc1nc(N2CCCCCC2C)sc1CNC1CC1. The third kappa shape index (κ3) is 3.96. The summed E-state index contributed by atoms with van der Waals surface area (Å²) in [5, 5.41) is 4.81. The van der Waals surface area contributed by atoms with E-state index in [9.17, 15) is 0 Å². The quantitative estimate of drug-likeness (QED) is 0.875. The zero-order chi connectivity index (χ0) is 14.7. The highest BCUT2D eigenvalue weighted by Crippen LogP contribution is 2.31. The predicted molar refractivity (Wildman–Crippen MR) is 88.0 cm³/mol. The number of aromatic nitrogens is 1. The largest absolute Gasteiger partial charge is 0.378 e. The van der Waals surface area contributed by atoms with Crippen molar-refractivity contribution >= 4 is 16.5 Å². The van der Waals surface area contributed by atoms with Gasteiger partial charge in [0.05, 0.1) is 12.3 Å². The molecule has 2 aliphatic rings. The van der Waals surface area contributed by atoms with E-state index in [1.807, 2.05) is 11.3 Å². The fourth-order valence-electron chi connectivity index (χ4n) is 2.96. The highest BCUT2D eigenvalue weighted by molar-refractivity contribution is 7.15. The summed E-state index contributed by atoms with van der Waals surface area (Å²) in [7, 11) is 1.76. The summed E-state index contributed by atoms with van der Waals surface area (Å²) in [5.74, 6) is 0. The molecule has 1 aliphatic heterocycles. The van der Waals surface area contributed by atoms with E-state index in [-0.39, 0.29) is 0 Å². The smallest absolute Gasteiger partial charge is 0.186 e. The van der Waals surface area contributed by atoms with Gasteiger partial charge in [-0.2, -0.15) is 0 Å². The van der Waals surface area contributed by atoms with E-state index in [1.54, 1.807) is 7.11 Å². The van der Waals surface area contributed by atoms with E-state index in [1.165, 1.54) is 48.5 Å². The summed E-state index contributed by atoms with van der Waals surface area (Å²) in [6, 6.07) is 1.35. The molecule has 1 aromatic rings. The minimum absolute atomic E-state index is 0.610. The van der Waals surface area contributed by atoms with Crippen LogP contribution in [0.1, 0.15) is 56.0 Å². The van der Waals surface area contributed by atoms with Gasteiger partial charge in [-0.3, -0.25) is 0 Å². The topological polar surface area (TPSA) is 37.4 Å². The molecule has 5 heteroatoms. The van der Waals surface area contributed by atoms with Crippen LogP contribution in [0.3, 0.4) is 0 Å². The number of anilines is 1. The fourth-order valence-corrected chi connectivity index (χ4v) is 4.11. The van der Waals surface area contributed by atoms with Crippen molar-refractivity contribution in [3.05, 3.63) is 10.6 Å². The molecule has 1 atom stereocenters. The molecule has 0 amide bonds. The lowest BCUT2D eigenvalue weighted by molar-refractivity contribution is 0.181. The van der Waals surface area contributed by atoms with Gasteiger partial charge in [0, 0.05) is 37.2 Å². The first-order valence-corrected chi connectivity index (χ1v) is 9.07. The summed E-state index contributed by atoms with van der Waals surface area (Å²) < 4.78 is 5.34. The number of nitrogens with one attached hydrogen (secondary N) is 1. The van der Waals surface area contributed by atoms with Crippen molar-refractivity contribution in [2.75, 3.05) is 18.6 Å². The molecular formula is C16H27N3OS. The first-order chi connectivity index (χ1) is 10.3. The van der Waals surface area contributed by atoms with Gasteiger partial charge in [-0.05, 0) is 32.6 Å². The van der Waals surface area contributed by atoms with Crippen molar-refractivity contribution in [3.63, 3.8) is 0 Å². The molecule has 4 nitrogen and oxygen atoms in total. The minimum Gasteiger partial charge on any atom is -0.378 e. The maximum Gasteiger partial charge on any atom is 0.186 e. The molecule has 0 aromatic carbocycles. The van der Waals surface area contributed by atoms with Crippen LogP contribution in [0.2, 0.25) is 0 Å². The molecule has 0 spiro atoms. The Morgan fingerprint density at radius 3 is 2.90 bits per heavy atom. The average Bonchev–Trinajstić information content (AvgIpc) is 3.25. The van der Waals surface area contributed by atoms with Crippen LogP contribution < -0.4 is 10.2 Å². The standard InChI is InChI=1S/C16H27N3OS/c1-12-6-4-3-5-9-19(12)16-18-14(11-20-2)15(21-16)10-17-13-7-8-13/h12-13,17H,3-11H2,1-2H3. The van der Waals surface area contributed by atoms with Crippen LogP contribution >= 0.6 is 11.3 Å². The Labute approximate surface area is 131 Å². The zero-order valence-electron chi connectivity index (χ0n) is 13.2. The third-order valence-electron chi connectivity index (χ3n) is 4.48. The second-order valence-electron chi connectivity index (χ2n) is 6.35. The van der Waals surface area contributed by atoms with Crippen molar-refractivity contribution in [2.24, 2.45) is 0 Å². The molecule has 1 unspecified atom stereocenters. The van der Waals surface area contributed by atoms with Crippen LogP contribution in [0.25, 0.3) is 0 Å². The highest BCUT2D eigenvalue weighted by atomic mass is 32.1. The van der Waals surface area contributed by atoms with Gasteiger partial charge in [-0.25, -0.2) is 4.98 Å². The van der Waals surface area contributed by atoms with E-state index in [4.69, 9.17) is 9.72 Å². The maximum absolute atomic E-state index is 5.34. The molecule has 3 rings (SSSR count). The lowest BCUT2D eigenvalue weighted by Crippen LogP contribution is -2.32. The monoisotopic (exact) mass is 309 g/mol. The fraction of sp³-hybridized carbons (Fsp3) is 0.812. The zero-order valence-corrected chi connectivity index (χ0v) is 14.0. The minimum atomic E-state index is 0.610. The van der Waals surface area contributed by atoms with Gasteiger partial charge in [-0.15, -0.1) is 11.3 Å². The van der Waals surface area contributed by atoms with E-state index in [0.29, 0.717) is 12.6 Å². The van der Waals surface area contributed by atoms with Crippen LogP contribution in [0.15, 0.2) is 0 Å². The lowest BCUT2D eigenvalue weighted by atomic mass is 10.1. The molecule has 1 aromatic heterocycles. The van der Waals surface area contributed by atoms with Crippen molar-refractivity contribution < 1.29 is 4.74 Å². The summed E-state index contributed by atoms with van der Waals surface area (Å²) >= 11 is 1.86. The van der Waals surface area contributed by atoms with Crippen LogP contribution in [0.4, 0.5) is 5.13 Å². The summed E-state index contributed by atoms with van der Waals surface area (Å²) in [6.07, 6.45) is 7.94. The highest BCUT2D eigenvalue weighted by Gasteiger charge is 2.24. The molecule has 1 saturated heterocycles. The van der Waals surface area contributed by atoms with Gasteiger partial charge in [0.15, 0.2) is 5.13 Å². The van der Waals surface area contributed by atoms with Crippen LogP contribution in [0.5, 0.6) is 0 Å². The Morgan fingerprint density at radius 2 is 2.14 bits per heavy atom. The average molecular weight is 309 g/mol. The van der Waals surface area contributed by atoms with Gasteiger partial charge < -0.3 is 15.0 Å². The predicted octanol–water partition coefficient (Wildman–Crippen LogP) is 3.31. The number of rotatable bonds is 6. The molecule has 0 radical (unpaired) electrons. The first kappa shape index (κ1) is 15.3. The second-order valence-corrected chi connectivity index (χ2v) is 7.41. The van der Waals surface area contributed by atoms with Crippen LogP contribution in [-0.2, 0) is 17.9 Å². The first-order valence-electron chi connectivity index (χ1n) is 8.25. The van der Waals surface area contributed by atoms with Crippen molar-refractivity contribution in [2.45, 2.75) is 70.7 Å². The lowest BCUT2D eigenvalue weighted by Gasteiger charge is -2.26. The molecule has 1 saturated carbocycles. The molecule has 1 N–H and O–H groups in total. The number of thiazole rings is 1. The third-order valence-corrected chi connectivity index (χ3v) is 5.61. The molecular weight excluding hydrogens is 282 g/mol. The Kier molecular flexibility index (Phi) is 5.14. The molecule has 118 valence electrons. The second kappa shape index (κ2) is 7.07. The van der Waals surface area contributed by atoms with Gasteiger partial charge in [0.1, 0.15) is 0 Å². The van der Waals surface area contributed by atoms with Gasteiger partial charge in [-0.1, -0.05) is 12.8 Å². The molecule has 21 heavy (non-hydrogen) atoms. The van der Waals surface area contributed by atoms with Gasteiger partial charge in [0.2, 0.25) is 0 Å². The van der Waals surface area contributed by atoms with Crippen LogP contribution in [0, 0.1) is 0 Å². The van der Waals surface area contributed by atoms with Crippen molar-refractivity contribution in [1.82, 2.24) is 10.3 Å². The summed E-state index contributed by atoms with van der Waals surface area (Å²) in [6.45, 7) is 5.06. The maximum atomic E-state index is 5.34. The molecule has 2 fully saturated rings. The number of nitrogens with zero attached hydrogens (tertiary/aromatic N) is 2. The van der Waals surface area contributed by atoms with Crippen molar-refractivity contribution in [3.8, 4) is 0 Å². The Balaban J connectivity index is 1.74. The molecule has 0 bridgehead atoms. The Bertz CT molecular complexity index is 458.